The molecule has 0 aliphatic rings. The van der Waals surface area contributed by atoms with Crippen molar-refractivity contribution in [1.82, 2.24) is 4.90 Å². The molecule has 0 aliphatic heterocycles. The molecule has 18 heavy (non-hydrogen) atoms. The Kier molecular flexibility index (Phi) is 7.85. The van der Waals surface area contributed by atoms with Gasteiger partial charge in [-0.05, 0) is 27.7 Å². The molecule has 0 saturated heterocycles. The van der Waals surface area contributed by atoms with Gasteiger partial charge in [-0.2, -0.15) is 0 Å². The summed E-state index contributed by atoms with van der Waals surface area (Å²) >= 11 is 0. The van der Waals surface area contributed by atoms with E-state index in [9.17, 15) is 14.4 Å². The van der Waals surface area contributed by atoms with Gasteiger partial charge in [-0.3, -0.25) is 4.90 Å². The Bertz CT molecular complexity index is 341. The Morgan fingerprint density at radius 1 is 1.11 bits per heavy atom. The molecule has 0 heterocycles. The minimum absolute atomic E-state index is 0.106. The fraction of sp³-hybridized carbons (Fsp3) is 1.00. The van der Waals surface area contributed by atoms with Crippen molar-refractivity contribution >= 4 is 25.5 Å². The van der Waals surface area contributed by atoms with Crippen molar-refractivity contribution in [2.45, 2.75) is 39.8 Å². The molecule has 0 fully saturated rings. The average Bonchev–Trinajstić information content (AvgIpc) is 2.06. The summed E-state index contributed by atoms with van der Waals surface area (Å²) in [6.07, 6.45) is 0. The third-order valence-electron chi connectivity index (χ3n) is 2.18. The zero-order valence-corrected chi connectivity index (χ0v) is 13.6. The van der Waals surface area contributed by atoms with E-state index in [0.29, 0.717) is 24.4 Å². The van der Waals surface area contributed by atoms with Gasteiger partial charge in [-0.1, -0.05) is 0 Å². The summed E-state index contributed by atoms with van der Waals surface area (Å²) in [6, 6.07) is 0.626. The van der Waals surface area contributed by atoms with Crippen LogP contribution in [-0.4, -0.2) is 48.9 Å². The smallest absolute Gasteiger partial charge is 0.328 e. The second kappa shape index (κ2) is 7.53. The van der Waals surface area contributed by atoms with Gasteiger partial charge in [0.15, 0.2) is 0 Å². The number of rotatable bonds is 7. The maximum atomic E-state index is 10.5. The molecule has 0 atom stereocenters. The fourth-order valence-corrected chi connectivity index (χ4v) is 5.87. The molecule has 0 rings (SSSR count). The van der Waals surface area contributed by atoms with Crippen LogP contribution in [0.25, 0.3) is 0 Å². The molecule has 10 heteroatoms. The topological polar surface area (TPSA) is 110 Å². The molecular formula is C8H23NO6P2S. The van der Waals surface area contributed by atoms with E-state index in [0.717, 1.165) is 0 Å². The lowest BCUT2D eigenvalue weighted by Gasteiger charge is -2.30. The highest BCUT2D eigenvalue weighted by molar-refractivity contribution is 8.17. The van der Waals surface area contributed by atoms with Gasteiger partial charge in [0.25, 0.3) is 6.72 Å². The van der Waals surface area contributed by atoms with E-state index in [1.54, 1.807) is 0 Å². The fourth-order valence-electron chi connectivity index (χ4n) is 1.57. The SMILES string of the molecule is CC(C)N(CC[SH]=P(O)(O)OP(=O)(O)O)C(C)C. The second-order valence-electron chi connectivity index (χ2n) is 4.38. The Morgan fingerprint density at radius 2 is 1.56 bits per heavy atom. The molecule has 4 N–H and O–H groups in total. The maximum absolute atomic E-state index is 10.5. The highest BCUT2D eigenvalue weighted by Gasteiger charge is 2.24. The van der Waals surface area contributed by atoms with Crippen molar-refractivity contribution in [2.75, 3.05) is 12.3 Å². The summed E-state index contributed by atoms with van der Waals surface area (Å²) < 4.78 is 14.5. The lowest BCUT2D eigenvalue weighted by Crippen LogP contribution is -2.38. The highest BCUT2D eigenvalue weighted by Crippen LogP contribution is 2.55. The molecule has 0 aromatic rings. The Hall–Kier alpha value is 0.770. The molecule has 0 aliphatic carbocycles. The van der Waals surface area contributed by atoms with Crippen LogP contribution in [0.4, 0.5) is 0 Å². The summed E-state index contributed by atoms with van der Waals surface area (Å²) in [5, 5.41) is 0. The highest BCUT2D eigenvalue weighted by atomic mass is 32.5. The van der Waals surface area contributed by atoms with Gasteiger partial charge in [0.05, 0.1) is 0 Å². The van der Waals surface area contributed by atoms with E-state index in [1.165, 1.54) is 0 Å². The van der Waals surface area contributed by atoms with E-state index in [2.05, 4.69) is 9.21 Å². The van der Waals surface area contributed by atoms with Crippen molar-refractivity contribution < 1.29 is 28.4 Å². The van der Waals surface area contributed by atoms with E-state index >= 15 is 0 Å². The third kappa shape index (κ3) is 8.80. The van der Waals surface area contributed by atoms with E-state index in [4.69, 9.17) is 9.79 Å². The average molecular weight is 323 g/mol. The molecule has 0 unspecified atom stereocenters. The van der Waals surface area contributed by atoms with E-state index < -0.39 is 14.5 Å². The Labute approximate surface area is 111 Å². The van der Waals surface area contributed by atoms with Gasteiger partial charge < -0.3 is 19.6 Å². The van der Waals surface area contributed by atoms with E-state index in [-0.39, 0.29) is 10.9 Å². The van der Waals surface area contributed by atoms with Gasteiger partial charge in [0.2, 0.25) is 0 Å². The maximum Gasteiger partial charge on any atom is 0.476 e. The van der Waals surface area contributed by atoms with Crippen molar-refractivity contribution in [3.05, 3.63) is 0 Å². The number of phosphoric acid groups is 1. The van der Waals surface area contributed by atoms with Crippen LogP contribution in [0.2, 0.25) is 0 Å². The Balaban J connectivity index is 4.50. The first-order valence-corrected chi connectivity index (χ1v) is 10.4. The molecule has 0 amide bonds. The van der Waals surface area contributed by atoms with Crippen molar-refractivity contribution in [3.8, 4) is 0 Å². The number of hydrogen-bond acceptors (Lipinski definition) is 3. The van der Waals surface area contributed by atoms with Crippen LogP contribution in [0.1, 0.15) is 27.7 Å². The second-order valence-corrected chi connectivity index (χ2v) is 10.2. The first-order valence-electron chi connectivity index (χ1n) is 5.51. The van der Waals surface area contributed by atoms with Crippen LogP contribution in [0.3, 0.4) is 0 Å². The number of nitrogens with zero attached hydrogens (tertiary/aromatic N) is 1. The first-order chi connectivity index (χ1) is 7.94. The van der Waals surface area contributed by atoms with Crippen molar-refractivity contribution in [1.29, 1.82) is 0 Å². The molecule has 0 aromatic carbocycles. The van der Waals surface area contributed by atoms with Crippen LogP contribution in [0, 0.1) is 0 Å². The summed E-state index contributed by atoms with van der Waals surface area (Å²) in [7, 11) is -4.75. The summed E-state index contributed by atoms with van der Waals surface area (Å²) in [5.74, 6) is 0.372. The zero-order chi connectivity index (χ0) is 14.6. The van der Waals surface area contributed by atoms with Crippen LogP contribution in [-0.2, 0) is 19.8 Å². The van der Waals surface area contributed by atoms with E-state index in [1.807, 2.05) is 27.7 Å². The van der Waals surface area contributed by atoms with Crippen LogP contribution in [0.5, 0.6) is 0 Å². The minimum Gasteiger partial charge on any atom is -0.328 e. The predicted molar refractivity (Wildman–Crippen MR) is 75.1 cm³/mol. The predicted octanol–water partition coefficient (Wildman–Crippen LogP) is 0.692. The van der Waals surface area contributed by atoms with Crippen LogP contribution in [0.15, 0.2) is 0 Å². The van der Waals surface area contributed by atoms with Gasteiger partial charge in [-0.25, -0.2) is 8.88 Å². The molecule has 0 aromatic heterocycles. The van der Waals surface area contributed by atoms with Gasteiger partial charge >= 0.3 is 7.82 Å². The lowest BCUT2D eigenvalue weighted by molar-refractivity contribution is 0.187. The zero-order valence-electron chi connectivity index (χ0n) is 11.0. The van der Waals surface area contributed by atoms with Crippen LogP contribution < -0.4 is 0 Å². The normalized spacial score (nSPS) is 13.9. The molecule has 0 radical (unpaired) electrons. The monoisotopic (exact) mass is 323 g/mol. The van der Waals surface area contributed by atoms with Gasteiger partial charge in [0, 0.05) is 24.4 Å². The number of hydrogen-bond donors (Lipinski definition) is 5. The molecule has 0 saturated carbocycles. The minimum atomic E-state index is -4.86. The van der Waals surface area contributed by atoms with Gasteiger partial charge in [-0.15, -0.1) is 10.9 Å². The standard InChI is InChI=1S/C8H23NO6P2S/c1-7(2)9(8(3)4)5-6-18-17(13,14)15-16(10,11)12/h7-8,13-14,18H,5-6H2,1-4H3,(H2,10,11,12). The summed E-state index contributed by atoms with van der Waals surface area (Å²) in [4.78, 5) is 37.9. The van der Waals surface area contributed by atoms with Crippen molar-refractivity contribution in [3.63, 3.8) is 0 Å². The van der Waals surface area contributed by atoms with Crippen molar-refractivity contribution in [2.24, 2.45) is 0 Å². The summed E-state index contributed by atoms with van der Waals surface area (Å²) in [6.45, 7) is 4.73. The third-order valence-corrected chi connectivity index (χ3v) is 7.04. The Morgan fingerprint density at radius 3 is 1.89 bits per heavy atom. The molecule has 0 bridgehead atoms. The lowest BCUT2D eigenvalue weighted by atomic mass is 10.2. The van der Waals surface area contributed by atoms with Gasteiger partial charge in [0.1, 0.15) is 0 Å². The molecular weight excluding hydrogens is 300 g/mol. The first kappa shape index (κ1) is 18.8. The largest absolute Gasteiger partial charge is 0.476 e. The summed E-state index contributed by atoms with van der Waals surface area (Å²) in [5.41, 5.74) is 0. The molecule has 112 valence electrons. The molecule has 7 nitrogen and oxygen atoms in total. The number of thiol groups is 1. The molecule has 0 spiro atoms. The van der Waals surface area contributed by atoms with Crippen LogP contribution >= 0.6 is 14.5 Å². The quantitative estimate of drug-likeness (QED) is 0.346.